The predicted molar refractivity (Wildman–Crippen MR) is 47.7 cm³/mol. The number of amides is 1. The van der Waals surface area contributed by atoms with Crippen molar-refractivity contribution in [2.24, 2.45) is 0 Å². The minimum absolute atomic E-state index is 0.116. The Morgan fingerprint density at radius 1 is 1.79 bits per heavy atom. The Hall–Kier alpha value is -1.43. The topological polar surface area (TPSA) is 71.1 Å². The maximum Gasteiger partial charge on any atom is 0.276 e. The molecule has 1 aromatic rings. The number of rotatable bonds is 2. The summed E-state index contributed by atoms with van der Waals surface area (Å²) >= 11 is 0. The van der Waals surface area contributed by atoms with Gasteiger partial charge < -0.3 is 9.64 Å². The van der Waals surface area contributed by atoms with Crippen LogP contribution in [0.25, 0.3) is 0 Å². The predicted octanol–water partition coefficient (Wildman–Crippen LogP) is -0.334. The first-order valence-electron chi connectivity index (χ1n) is 4.49. The highest BCUT2D eigenvalue weighted by molar-refractivity contribution is 5.91. The van der Waals surface area contributed by atoms with Gasteiger partial charge in [-0.05, 0) is 6.42 Å². The van der Waals surface area contributed by atoms with Crippen LogP contribution >= 0.6 is 0 Å². The molecule has 14 heavy (non-hydrogen) atoms. The number of nitrogens with zero attached hydrogens (tertiary/aromatic N) is 3. The van der Waals surface area contributed by atoms with E-state index in [2.05, 4.69) is 15.4 Å². The number of hydrogen-bond acceptors (Lipinski definition) is 4. The summed E-state index contributed by atoms with van der Waals surface area (Å²) in [6.45, 7) is 1.33. The van der Waals surface area contributed by atoms with E-state index in [1.54, 1.807) is 11.9 Å². The first-order valence-corrected chi connectivity index (χ1v) is 4.49. The zero-order valence-corrected chi connectivity index (χ0v) is 7.93. The van der Waals surface area contributed by atoms with Crippen molar-refractivity contribution in [1.29, 1.82) is 0 Å². The Morgan fingerprint density at radius 3 is 3.21 bits per heavy atom. The van der Waals surface area contributed by atoms with E-state index in [0.29, 0.717) is 12.3 Å². The zero-order chi connectivity index (χ0) is 9.97. The lowest BCUT2D eigenvalue weighted by Gasteiger charge is -2.21. The van der Waals surface area contributed by atoms with Crippen molar-refractivity contribution in [2.45, 2.75) is 12.5 Å². The molecule has 1 aliphatic rings. The average Bonchev–Trinajstić information content (AvgIpc) is 2.87. The Balaban J connectivity index is 2.04. The fraction of sp³-hybridized carbons (Fsp3) is 0.625. The molecule has 1 unspecified atom stereocenters. The Labute approximate surface area is 81.2 Å². The molecule has 1 fully saturated rings. The summed E-state index contributed by atoms with van der Waals surface area (Å²) < 4.78 is 5.21. The second-order valence-electron chi connectivity index (χ2n) is 3.29. The minimum atomic E-state index is -0.116. The van der Waals surface area contributed by atoms with Gasteiger partial charge in [-0.2, -0.15) is 15.4 Å². The third-order valence-electron chi connectivity index (χ3n) is 2.41. The molecular formula is C8H12N4O2. The molecule has 1 aliphatic heterocycles. The van der Waals surface area contributed by atoms with Crippen molar-refractivity contribution < 1.29 is 9.53 Å². The number of carbonyl (C=O) groups is 1. The highest BCUT2D eigenvalue weighted by Crippen LogP contribution is 2.12. The van der Waals surface area contributed by atoms with Gasteiger partial charge in [-0.1, -0.05) is 0 Å². The van der Waals surface area contributed by atoms with Gasteiger partial charge in [-0.25, -0.2) is 0 Å². The molecule has 2 heterocycles. The number of aromatic amines is 1. The highest BCUT2D eigenvalue weighted by atomic mass is 16.5. The molecule has 0 spiro atoms. The van der Waals surface area contributed by atoms with Crippen LogP contribution in [0.5, 0.6) is 0 Å². The Kier molecular flexibility index (Phi) is 2.45. The smallest absolute Gasteiger partial charge is 0.276 e. The summed E-state index contributed by atoms with van der Waals surface area (Å²) in [4.78, 5) is 13.4. The second-order valence-corrected chi connectivity index (χ2v) is 3.29. The second kappa shape index (κ2) is 3.75. The van der Waals surface area contributed by atoms with E-state index in [4.69, 9.17) is 4.74 Å². The molecule has 1 atom stereocenters. The lowest BCUT2D eigenvalue weighted by molar-refractivity contribution is 0.0705. The van der Waals surface area contributed by atoms with E-state index in [1.807, 2.05) is 0 Å². The number of ether oxygens (including phenoxy) is 1. The van der Waals surface area contributed by atoms with Crippen LogP contribution in [0.4, 0.5) is 0 Å². The van der Waals surface area contributed by atoms with Gasteiger partial charge in [0.2, 0.25) is 0 Å². The molecule has 1 aromatic heterocycles. The fourth-order valence-corrected chi connectivity index (χ4v) is 1.48. The average molecular weight is 196 g/mol. The summed E-state index contributed by atoms with van der Waals surface area (Å²) in [7, 11) is 1.76. The molecule has 1 saturated heterocycles. The Morgan fingerprint density at radius 2 is 2.64 bits per heavy atom. The lowest BCUT2D eigenvalue weighted by Crippen LogP contribution is -2.37. The van der Waals surface area contributed by atoms with Gasteiger partial charge in [0, 0.05) is 13.7 Å². The van der Waals surface area contributed by atoms with Gasteiger partial charge in [0.25, 0.3) is 5.91 Å². The number of hydrogen-bond donors (Lipinski definition) is 1. The van der Waals surface area contributed by atoms with Crippen molar-refractivity contribution in [3.8, 4) is 0 Å². The normalized spacial score (nSPS) is 21.1. The van der Waals surface area contributed by atoms with Gasteiger partial charge in [-0.3, -0.25) is 4.79 Å². The molecule has 6 nitrogen and oxygen atoms in total. The van der Waals surface area contributed by atoms with Gasteiger partial charge in [0.05, 0.1) is 18.8 Å². The molecule has 76 valence electrons. The summed E-state index contributed by atoms with van der Waals surface area (Å²) in [5, 5.41) is 9.76. The molecule has 0 saturated carbocycles. The minimum Gasteiger partial charge on any atom is -0.379 e. The fourth-order valence-electron chi connectivity index (χ4n) is 1.48. The zero-order valence-electron chi connectivity index (χ0n) is 7.93. The van der Waals surface area contributed by atoms with Gasteiger partial charge in [0.15, 0.2) is 5.69 Å². The van der Waals surface area contributed by atoms with Crippen LogP contribution in [0.2, 0.25) is 0 Å². The van der Waals surface area contributed by atoms with Crippen molar-refractivity contribution in [3.05, 3.63) is 11.9 Å². The van der Waals surface area contributed by atoms with Gasteiger partial charge >= 0.3 is 0 Å². The van der Waals surface area contributed by atoms with E-state index < -0.39 is 0 Å². The monoisotopic (exact) mass is 196 g/mol. The maximum absolute atomic E-state index is 11.7. The van der Waals surface area contributed by atoms with Crippen LogP contribution in [0.3, 0.4) is 0 Å². The third-order valence-corrected chi connectivity index (χ3v) is 2.41. The SMILES string of the molecule is CN(C(=O)c1cn[nH]n1)C1CCOC1. The largest absolute Gasteiger partial charge is 0.379 e. The summed E-state index contributed by atoms with van der Waals surface area (Å²) in [6.07, 6.45) is 2.31. The lowest BCUT2D eigenvalue weighted by atomic mass is 10.2. The third kappa shape index (κ3) is 1.60. The molecule has 0 bridgehead atoms. The number of aromatic nitrogens is 3. The molecule has 0 aliphatic carbocycles. The first kappa shape index (κ1) is 9.14. The van der Waals surface area contributed by atoms with E-state index >= 15 is 0 Å². The van der Waals surface area contributed by atoms with Crippen molar-refractivity contribution in [2.75, 3.05) is 20.3 Å². The van der Waals surface area contributed by atoms with Crippen LogP contribution < -0.4 is 0 Å². The van der Waals surface area contributed by atoms with Crippen LogP contribution in [0.15, 0.2) is 6.20 Å². The number of likely N-dealkylation sites (N-methyl/N-ethyl adjacent to an activating group) is 1. The van der Waals surface area contributed by atoms with E-state index in [1.165, 1.54) is 6.20 Å². The van der Waals surface area contributed by atoms with Crippen LogP contribution in [-0.4, -0.2) is 52.5 Å². The quantitative estimate of drug-likeness (QED) is 0.702. The van der Waals surface area contributed by atoms with Gasteiger partial charge in [-0.15, -0.1) is 0 Å². The van der Waals surface area contributed by atoms with Crippen LogP contribution in [0.1, 0.15) is 16.9 Å². The standard InChI is InChI=1S/C8H12N4O2/c1-12(6-2-3-14-5-6)8(13)7-4-9-11-10-7/h4,6H,2-3,5H2,1H3,(H,9,10,11). The molecule has 0 radical (unpaired) electrons. The number of carbonyl (C=O) groups excluding carboxylic acids is 1. The number of H-pyrrole nitrogens is 1. The van der Waals surface area contributed by atoms with E-state index in [-0.39, 0.29) is 11.9 Å². The maximum atomic E-state index is 11.7. The molecule has 6 heteroatoms. The van der Waals surface area contributed by atoms with Gasteiger partial charge in [0.1, 0.15) is 0 Å². The Bertz CT molecular complexity index is 305. The summed E-state index contributed by atoms with van der Waals surface area (Å²) in [5.41, 5.74) is 0.347. The highest BCUT2D eigenvalue weighted by Gasteiger charge is 2.25. The van der Waals surface area contributed by atoms with E-state index in [9.17, 15) is 4.79 Å². The van der Waals surface area contributed by atoms with E-state index in [0.717, 1.165) is 13.0 Å². The van der Waals surface area contributed by atoms with Crippen LogP contribution in [0, 0.1) is 0 Å². The van der Waals surface area contributed by atoms with Crippen molar-refractivity contribution in [1.82, 2.24) is 20.3 Å². The molecule has 0 aromatic carbocycles. The van der Waals surface area contributed by atoms with Crippen molar-refractivity contribution in [3.63, 3.8) is 0 Å². The summed E-state index contributed by atoms with van der Waals surface area (Å²) in [6, 6.07) is 0.166. The molecule has 1 amide bonds. The number of nitrogens with one attached hydrogen (secondary N) is 1. The summed E-state index contributed by atoms with van der Waals surface area (Å²) in [5.74, 6) is -0.116. The van der Waals surface area contributed by atoms with Crippen LogP contribution in [-0.2, 0) is 4.74 Å². The van der Waals surface area contributed by atoms with Crippen molar-refractivity contribution >= 4 is 5.91 Å². The molecule has 2 rings (SSSR count). The molecule has 1 N–H and O–H groups in total. The molecular weight excluding hydrogens is 184 g/mol. The first-order chi connectivity index (χ1) is 6.79.